The van der Waals surface area contributed by atoms with Crippen LogP contribution in [0.1, 0.15) is 37.9 Å². The van der Waals surface area contributed by atoms with E-state index in [-0.39, 0.29) is 19.8 Å². The van der Waals surface area contributed by atoms with Crippen molar-refractivity contribution in [3.63, 3.8) is 0 Å². The third-order valence-electron chi connectivity index (χ3n) is 4.04. The van der Waals surface area contributed by atoms with Gasteiger partial charge in [-0.05, 0) is 31.9 Å². The highest BCUT2D eigenvalue weighted by molar-refractivity contribution is 7.88. The van der Waals surface area contributed by atoms with Gasteiger partial charge in [-0.3, -0.25) is 0 Å². The van der Waals surface area contributed by atoms with Crippen molar-refractivity contribution in [1.82, 2.24) is 4.31 Å². The van der Waals surface area contributed by atoms with Gasteiger partial charge in [0.2, 0.25) is 10.0 Å². The van der Waals surface area contributed by atoms with Crippen LogP contribution in [0.3, 0.4) is 0 Å². The third kappa shape index (κ3) is 7.61. The fraction of sp³-hybridized carbons (Fsp3) is 0.409. The molecule has 158 valence electrons. The van der Waals surface area contributed by atoms with Gasteiger partial charge in [0.05, 0.1) is 18.9 Å². The number of esters is 1. The summed E-state index contributed by atoms with van der Waals surface area (Å²) in [5, 5.41) is 0. The maximum Gasteiger partial charge on any atom is 0.332 e. The number of carbonyl (C=O) groups excluding carboxylic acids is 1. The summed E-state index contributed by atoms with van der Waals surface area (Å²) < 4.78 is 37.2. The number of nitrogens with zero attached hydrogens (tertiary/aromatic N) is 1. The predicted molar refractivity (Wildman–Crippen MR) is 113 cm³/mol. The topological polar surface area (TPSA) is 72.9 Å². The van der Waals surface area contributed by atoms with Crippen molar-refractivity contribution in [3.05, 3.63) is 71.8 Å². The summed E-state index contributed by atoms with van der Waals surface area (Å²) in [6.07, 6.45) is 1.18. The van der Waals surface area contributed by atoms with Gasteiger partial charge in [0.15, 0.2) is 0 Å². The van der Waals surface area contributed by atoms with Gasteiger partial charge in [0, 0.05) is 6.54 Å². The van der Waals surface area contributed by atoms with Crippen molar-refractivity contribution in [1.29, 1.82) is 0 Å². The zero-order valence-corrected chi connectivity index (χ0v) is 18.2. The van der Waals surface area contributed by atoms with Gasteiger partial charge in [-0.25, -0.2) is 13.2 Å². The van der Waals surface area contributed by atoms with Crippen LogP contribution in [-0.4, -0.2) is 50.3 Å². The molecule has 0 aliphatic heterocycles. The molecular formula is C22H29NO5S. The third-order valence-corrected chi connectivity index (χ3v) is 5.29. The lowest BCUT2D eigenvalue weighted by Crippen LogP contribution is -2.37. The number of ether oxygens (including phenoxy) is 2. The molecule has 0 radical (unpaired) electrons. The molecule has 0 aliphatic rings. The SMILES string of the molecule is CC(C)(C)OC(=O)COCCN(C(c1ccccc1)c1ccccc1)S(C)(=O)=O. The summed E-state index contributed by atoms with van der Waals surface area (Å²) in [5.74, 6) is -0.480. The van der Waals surface area contributed by atoms with Crippen molar-refractivity contribution < 1.29 is 22.7 Å². The quantitative estimate of drug-likeness (QED) is 0.460. The smallest absolute Gasteiger partial charge is 0.332 e. The van der Waals surface area contributed by atoms with Crippen LogP contribution < -0.4 is 0 Å². The van der Waals surface area contributed by atoms with Crippen LogP contribution in [0.5, 0.6) is 0 Å². The monoisotopic (exact) mass is 419 g/mol. The van der Waals surface area contributed by atoms with Gasteiger partial charge in [-0.15, -0.1) is 0 Å². The normalized spacial score (nSPS) is 12.3. The first-order valence-electron chi connectivity index (χ1n) is 9.44. The van der Waals surface area contributed by atoms with E-state index >= 15 is 0 Å². The molecule has 2 rings (SSSR count). The van der Waals surface area contributed by atoms with Crippen LogP contribution in [0.2, 0.25) is 0 Å². The van der Waals surface area contributed by atoms with Gasteiger partial charge in [0.1, 0.15) is 12.2 Å². The van der Waals surface area contributed by atoms with Crippen LogP contribution in [-0.2, 0) is 24.3 Å². The van der Waals surface area contributed by atoms with Crippen LogP contribution in [0.4, 0.5) is 0 Å². The molecule has 0 aromatic heterocycles. The van der Waals surface area contributed by atoms with E-state index in [1.165, 1.54) is 10.6 Å². The number of carbonyl (C=O) groups is 1. The van der Waals surface area contributed by atoms with Crippen molar-refractivity contribution in [2.24, 2.45) is 0 Å². The molecule has 2 aromatic rings. The summed E-state index contributed by atoms with van der Waals surface area (Å²) in [4.78, 5) is 11.8. The van der Waals surface area contributed by atoms with Gasteiger partial charge in [0.25, 0.3) is 0 Å². The number of hydrogen-bond donors (Lipinski definition) is 0. The average molecular weight is 420 g/mol. The lowest BCUT2D eigenvalue weighted by Gasteiger charge is -2.30. The van der Waals surface area contributed by atoms with Crippen molar-refractivity contribution in [2.45, 2.75) is 32.4 Å². The van der Waals surface area contributed by atoms with Crippen LogP contribution >= 0.6 is 0 Å². The zero-order chi connectivity index (χ0) is 21.5. The molecule has 0 saturated heterocycles. The minimum Gasteiger partial charge on any atom is -0.458 e. The zero-order valence-electron chi connectivity index (χ0n) is 17.4. The standard InChI is InChI=1S/C22H29NO5S/c1-22(2,3)28-20(24)17-27-16-15-23(29(4,25)26)21(18-11-7-5-8-12-18)19-13-9-6-10-14-19/h5-14,21H,15-17H2,1-4H3. The number of benzene rings is 2. The molecule has 0 N–H and O–H groups in total. The molecule has 6 nitrogen and oxygen atoms in total. The second kappa shape index (κ2) is 10.0. The van der Waals surface area contributed by atoms with E-state index in [9.17, 15) is 13.2 Å². The van der Waals surface area contributed by atoms with E-state index in [4.69, 9.17) is 9.47 Å². The molecule has 0 aliphatic carbocycles. The lowest BCUT2D eigenvalue weighted by atomic mass is 9.99. The van der Waals surface area contributed by atoms with Gasteiger partial charge < -0.3 is 9.47 Å². The molecule has 0 bridgehead atoms. The Hall–Kier alpha value is -2.22. The molecule has 0 fully saturated rings. The molecule has 0 spiro atoms. The minimum atomic E-state index is -3.55. The first-order chi connectivity index (χ1) is 13.6. The Morgan fingerprint density at radius 3 is 1.86 bits per heavy atom. The minimum absolute atomic E-state index is 0.0719. The molecule has 0 atom stereocenters. The van der Waals surface area contributed by atoms with Crippen LogP contribution in [0.15, 0.2) is 60.7 Å². The van der Waals surface area contributed by atoms with E-state index in [0.717, 1.165) is 11.1 Å². The summed E-state index contributed by atoms with van der Waals surface area (Å²) in [6.45, 7) is 5.29. The summed E-state index contributed by atoms with van der Waals surface area (Å²) in [7, 11) is -3.55. The van der Waals surface area contributed by atoms with Crippen LogP contribution in [0.25, 0.3) is 0 Å². The summed E-state index contributed by atoms with van der Waals surface area (Å²) >= 11 is 0. The average Bonchev–Trinajstić information content (AvgIpc) is 2.63. The van der Waals surface area contributed by atoms with E-state index in [1.54, 1.807) is 20.8 Å². The van der Waals surface area contributed by atoms with E-state index in [0.29, 0.717) is 0 Å². The van der Waals surface area contributed by atoms with Crippen molar-refractivity contribution >= 4 is 16.0 Å². The highest BCUT2D eigenvalue weighted by Crippen LogP contribution is 2.30. The Labute approximate surface area is 173 Å². The Bertz CT molecular complexity index is 837. The van der Waals surface area contributed by atoms with Gasteiger partial charge >= 0.3 is 5.97 Å². The van der Waals surface area contributed by atoms with Gasteiger partial charge in [-0.2, -0.15) is 4.31 Å². The predicted octanol–water partition coefficient (Wildman–Crippen LogP) is 3.40. The Morgan fingerprint density at radius 1 is 0.966 bits per heavy atom. The number of hydrogen-bond acceptors (Lipinski definition) is 5. The van der Waals surface area contributed by atoms with E-state index in [1.807, 2.05) is 60.7 Å². The highest BCUT2D eigenvalue weighted by atomic mass is 32.2. The molecule has 0 heterocycles. The second-order valence-electron chi connectivity index (χ2n) is 7.74. The molecule has 0 saturated carbocycles. The first-order valence-corrected chi connectivity index (χ1v) is 11.3. The van der Waals surface area contributed by atoms with Crippen molar-refractivity contribution in [3.8, 4) is 0 Å². The number of rotatable bonds is 9. The van der Waals surface area contributed by atoms with Crippen LogP contribution in [0, 0.1) is 0 Å². The van der Waals surface area contributed by atoms with E-state index < -0.39 is 27.6 Å². The number of sulfonamides is 1. The summed E-state index contributed by atoms with van der Waals surface area (Å²) in [5.41, 5.74) is 1.12. The summed E-state index contributed by atoms with van der Waals surface area (Å²) in [6, 6.07) is 18.4. The Morgan fingerprint density at radius 2 is 1.45 bits per heavy atom. The second-order valence-corrected chi connectivity index (χ2v) is 9.67. The largest absolute Gasteiger partial charge is 0.458 e. The molecule has 0 amide bonds. The maximum absolute atomic E-state index is 12.6. The van der Waals surface area contributed by atoms with Crippen molar-refractivity contribution in [2.75, 3.05) is 26.0 Å². The molecule has 2 aromatic carbocycles. The van der Waals surface area contributed by atoms with Gasteiger partial charge in [-0.1, -0.05) is 60.7 Å². The first kappa shape index (κ1) is 23.1. The fourth-order valence-electron chi connectivity index (χ4n) is 2.96. The fourth-order valence-corrected chi connectivity index (χ4v) is 4.00. The highest BCUT2D eigenvalue weighted by Gasteiger charge is 2.29. The molecule has 0 unspecified atom stereocenters. The lowest BCUT2D eigenvalue weighted by molar-refractivity contribution is -0.160. The molecule has 29 heavy (non-hydrogen) atoms. The Balaban J connectivity index is 2.17. The molecule has 7 heteroatoms. The Kier molecular flexibility index (Phi) is 7.96. The maximum atomic E-state index is 12.6. The van der Waals surface area contributed by atoms with E-state index in [2.05, 4.69) is 0 Å². The molecular weight excluding hydrogens is 390 g/mol.